The molecule has 2 N–H and O–H groups in total. The molecule has 0 aliphatic carbocycles. The van der Waals surface area contributed by atoms with Crippen LogP contribution in [0.1, 0.15) is 46.6 Å². The highest BCUT2D eigenvalue weighted by molar-refractivity contribution is 6.31. The lowest BCUT2D eigenvalue weighted by Crippen LogP contribution is -2.43. The lowest BCUT2D eigenvalue weighted by atomic mass is 10.1. The number of amides is 1. The molecule has 24 heavy (non-hydrogen) atoms. The third-order valence-electron chi connectivity index (χ3n) is 3.46. The number of carbonyl (C=O) groups excluding carboxylic acids is 1. The summed E-state index contributed by atoms with van der Waals surface area (Å²) in [6, 6.07) is 3.94. The van der Waals surface area contributed by atoms with Crippen LogP contribution in [0.2, 0.25) is 5.02 Å². The predicted molar refractivity (Wildman–Crippen MR) is 98.0 cm³/mol. The SMILES string of the molecule is CCC(C)NCc1cc(OC)c(OCC(=O)NC(C)(C)C)cc1Cl. The van der Waals surface area contributed by atoms with Crippen molar-refractivity contribution in [2.75, 3.05) is 13.7 Å². The summed E-state index contributed by atoms with van der Waals surface area (Å²) in [5.74, 6) is 0.825. The van der Waals surface area contributed by atoms with Gasteiger partial charge in [0.15, 0.2) is 18.1 Å². The minimum Gasteiger partial charge on any atom is -0.493 e. The van der Waals surface area contributed by atoms with E-state index in [-0.39, 0.29) is 18.1 Å². The highest BCUT2D eigenvalue weighted by Gasteiger charge is 2.16. The molecule has 0 spiro atoms. The Morgan fingerprint density at radius 1 is 1.29 bits per heavy atom. The zero-order valence-electron chi connectivity index (χ0n) is 15.5. The second-order valence-electron chi connectivity index (χ2n) is 6.87. The van der Waals surface area contributed by atoms with Gasteiger partial charge in [-0.05, 0) is 45.7 Å². The first kappa shape index (κ1) is 20.6. The Morgan fingerprint density at radius 2 is 1.96 bits per heavy atom. The van der Waals surface area contributed by atoms with Crippen molar-refractivity contribution in [1.82, 2.24) is 10.6 Å². The molecule has 1 unspecified atom stereocenters. The standard InChI is InChI=1S/C18H29ClN2O3/c1-7-12(2)20-10-13-8-15(23-6)16(9-14(13)19)24-11-17(22)21-18(3,4)5/h8-9,12,20H,7,10-11H2,1-6H3,(H,21,22). The summed E-state index contributed by atoms with van der Waals surface area (Å²) in [4.78, 5) is 11.9. The molecule has 136 valence electrons. The van der Waals surface area contributed by atoms with Crippen LogP contribution < -0.4 is 20.1 Å². The van der Waals surface area contributed by atoms with Gasteiger partial charge >= 0.3 is 0 Å². The van der Waals surface area contributed by atoms with E-state index in [1.165, 1.54) is 0 Å². The van der Waals surface area contributed by atoms with Crippen molar-refractivity contribution in [3.63, 3.8) is 0 Å². The number of ether oxygens (including phenoxy) is 2. The van der Waals surface area contributed by atoms with E-state index in [0.29, 0.717) is 29.1 Å². The monoisotopic (exact) mass is 356 g/mol. The van der Waals surface area contributed by atoms with Crippen LogP contribution in [0, 0.1) is 0 Å². The van der Waals surface area contributed by atoms with Crippen LogP contribution in [-0.2, 0) is 11.3 Å². The average Bonchev–Trinajstić information content (AvgIpc) is 2.49. The Kier molecular flexibility index (Phi) is 7.84. The number of carbonyl (C=O) groups is 1. The summed E-state index contributed by atoms with van der Waals surface area (Å²) in [6.07, 6.45) is 1.04. The van der Waals surface area contributed by atoms with E-state index >= 15 is 0 Å². The molecule has 5 nitrogen and oxygen atoms in total. The zero-order chi connectivity index (χ0) is 18.3. The van der Waals surface area contributed by atoms with Crippen molar-refractivity contribution in [3.8, 4) is 11.5 Å². The Hall–Kier alpha value is -1.46. The smallest absolute Gasteiger partial charge is 0.258 e. The Labute approximate surface area is 150 Å². The van der Waals surface area contributed by atoms with Crippen LogP contribution in [0.4, 0.5) is 0 Å². The van der Waals surface area contributed by atoms with E-state index in [1.807, 2.05) is 26.8 Å². The van der Waals surface area contributed by atoms with E-state index in [1.54, 1.807) is 13.2 Å². The first-order valence-electron chi connectivity index (χ1n) is 8.20. The number of methoxy groups -OCH3 is 1. The number of hydrogen-bond donors (Lipinski definition) is 2. The molecule has 1 rings (SSSR count). The van der Waals surface area contributed by atoms with Crippen LogP contribution in [-0.4, -0.2) is 31.2 Å². The van der Waals surface area contributed by atoms with E-state index < -0.39 is 0 Å². The summed E-state index contributed by atoms with van der Waals surface area (Å²) in [5.41, 5.74) is 0.633. The Morgan fingerprint density at radius 3 is 2.50 bits per heavy atom. The molecule has 0 aromatic heterocycles. The molecule has 0 bridgehead atoms. The maximum atomic E-state index is 11.9. The fraction of sp³-hybridized carbons (Fsp3) is 0.611. The third kappa shape index (κ3) is 6.97. The topological polar surface area (TPSA) is 59.6 Å². The van der Waals surface area contributed by atoms with Crippen molar-refractivity contribution in [1.29, 1.82) is 0 Å². The van der Waals surface area contributed by atoms with Gasteiger partial charge in [0.05, 0.1) is 7.11 Å². The first-order chi connectivity index (χ1) is 11.2. The molecule has 0 aliphatic heterocycles. The van der Waals surface area contributed by atoms with E-state index in [9.17, 15) is 4.79 Å². The molecule has 1 aromatic carbocycles. The van der Waals surface area contributed by atoms with Crippen LogP contribution in [0.15, 0.2) is 12.1 Å². The van der Waals surface area contributed by atoms with Gasteiger partial charge in [-0.15, -0.1) is 0 Å². The fourth-order valence-corrected chi connectivity index (χ4v) is 2.23. The average molecular weight is 357 g/mol. The number of nitrogens with one attached hydrogen (secondary N) is 2. The van der Waals surface area contributed by atoms with Crippen molar-refractivity contribution >= 4 is 17.5 Å². The van der Waals surface area contributed by atoms with Gasteiger partial charge in [-0.2, -0.15) is 0 Å². The van der Waals surface area contributed by atoms with Crippen molar-refractivity contribution < 1.29 is 14.3 Å². The minimum absolute atomic E-state index is 0.0889. The molecule has 6 heteroatoms. The van der Waals surface area contributed by atoms with Gasteiger partial charge in [0, 0.05) is 29.2 Å². The van der Waals surface area contributed by atoms with Crippen LogP contribution >= 0.6 is 11.6 Å². The molecule has 1 atom stereocenters. The molecule has 0 heterocycles. The predicted octanol–water partition coefficient (Wildman–Crippen LogP) is 3.53. The number of hydrogen-bond acceptors (Lipinski definition) is 4. The number of halogens is 1. The highest BCUT2D eigenvalue weighted by atomic mass is 35.5. The number of rotatable bonds is 8. The van der Waals surface area contributed by atoms with Gasteiger partial charge < -0.3 is 20.1 Å². The lowest BCUT2D eigenvalue weighted by molar-refractivity contribution is -0.124. The van der Waals surface area contributed by atoms with Crippen LogP contribution in [0.5, 0.6) is 11.5 Å². The minimum atomic E-state index is -0.298. The molecular formula is C18H29ClN2O3. The molecular weight excluding hydrogens is 328 g/mol. The second kappa shape index (κ2) is 9.14. The summed E-state index contributed by atoms with van der Waals surface area (Å²) in [6.45, 7) is 10.6. The van der Waals surface area contributed by atoms with E-state index in [0.717, 1.165) is 12.0 Å². The zero-order valence-corrected chi connectivity index (χ0v) is 16.2. The molecule has 0 fully saturated rings. The third-order valence-corrected chi connectivity index (χ3v) is 3.81. The van der Waals surface area contributed by atoms with Gasteiger partial charge in [-0.3, -0.25) is 4.79 Å². The van der Waals surface area contributed by atoms with Gasteiger partial charge in [0.1, 0.15) is 0 Å². The Balaban J connectivity index is 2.78. The van der Waals surface area contributed by atoms with Crippen molar-refractivity contribution in [2.45, 2.75) is 59.2 Å². The molecule has 1 amide bonds. The molecule has 0 saturated carbocycles. The maximum Gasteiger partial charge on any atom is 0.258 e. The highest BCUT2D eigenvalue weighted by Crippen LogP contribution is 2.33. The fourth-order valence-electron chi connectivity index (χ4n) is 2.01. The molecule has 0 radical (unpaired) electrons. The van der Waals surface area contributed by atoms with Gasteiger partial charge in [0.25, 0.3) is 5.91 Å². The Bertz CT molecular complexity index is 556. The number of benzene rings is 1. The van der Waals surface area contributed by atoms with E-state index in [4.69, 9.17) is 21.1 Å². The molecule has 0 aliphatic rings. The quantitative estimate of drug-likeness (QED) is 0.748. The largest absolute Gasteiger partial charge is 0.493 e. The molecule has 0 saturated heterocycles. The lowest BCUT2D eigenvalue weighted by Gasteiger charge is -2.21. The van der Waals surface area contributed by atoms with Crippen molar-refractivity contribution in [2.24, 2.45) is 0 Å². The second-order valence-corrected chi connectivity index (χ2v) is 7.28. The summed E-state index contributed by atoms with van der Waals surface area (Å²) >= 11 is 6.33. The maximum absolute atomic E-state index is 11.9. The molecule has 1 aromatic rings. The first-order valence-corrected chi connectivity index (χ1v) is 8.57. The van der Waals surface area contributed by atoms with Gasteiger partial charge in [0.2, 0.25) is 0 Å². The van der Waals surface area contributed by atoms with Crippen LogP contribution in [0.25, 0.3) is 0 Å². The van der Waals surface area contributed by atoms with Crippen LogP contribution in [0.3, 0.4) is 0 Å². The summed E-state index contributed by atoms with van der Waals surface area (Å²) in [7, 11) is 1.57. The van der Waals surface area contributed by atoms with Gasteiger partial charge in [-0.25, -0.2) is 0 Å². The van der Waals surface area contributed by atoms with E-state index in [2.05, 4.69) is 24.5 Å². The normalized spacial score (nSPS) is 12.6. The van der Waals surface area contributed by atoms with Gasteiger partial charge in [-0.1, -0.05) is 18.5 Å². The summed E-state index contributed by atoms with van der Waals surface area (Å²) < 4.78 is 10.9. The summed E-state index contributed by atoms with van der Waals surface area (Å²) in [5, 5.41) is 6.82. The van der Waals surface area contributed by atoms with Crippen molar-refractivity contribution in [3.05, 3.63) is 22.7 Å².